The van der Waals surface area contributed by atoms with Crippen molar-refractivity contribution < 1.29 is 18.7 Å². The predicted octanol–water partition coefficient (Wildman–Crippen LogP) is 4.64. The minimum atomic E-state index is -0.737. The molecular formula is C20H15Cl2FN2O3. The Morgan fingerprint density at radius 3 is 2.54 bits per heavy atom. The van der Waals surface area contributed by atoms with Crippen molar-refractivity contribution in [3.05, 3.63) is 70.0 Å². The zero-order valence-electron chi connectivity index (χ0n) is 14.6. The highest BCUT2D eigenvalue weighted by Gasteiger charge is 2.17. The van der Waals surface area contributed by atoms with Crippen LogP contribution in [-0.4, -0.2) is 25.0 Å². The topological polar surface area (TPSA) is 70.4 Å². The third-order valence-electron chi connectivity index (χ3n) is 3.59. The number of nitriles is 1. The molecule has 0 atom stereocenters. The largest absolute Gasteiger partial charge is 0.452 e. The molecule has 0 heterocycles. The van der Waals surface area contributed by atoms with Gasteiger partial charge in [-0.1, -0.05) is 29.3 Å². The molecule has 8 heteroatoms. The van der Waals surface area contributed by atoms with Crippen LogP contribution in [0.5, 0.6) is 0 Å². The van der Waals surface area contributed by atoms with E-state index in [1.807, 2.05) is 6.07 Å². The van der Waals surface area contributed by atoms with Gasteiger partial charge in [-0.3, -0.25) is 4.79 Å². The van der Waals surface area contributed by atoms with Gasteiger partial charge < -0.3 is 9.64 Å². The van der Waals surface area contributed by atoms with Gasteiger partial charge in [-0.15, -0.1) is 0 Å². The number of hydrogen-bond donors (Lipinski definition) is 0. The van der Waals surface area contributed by atoms with Crippen LogP contribution in [0.4, 0.5) is 10.1 Å². The molecule has 1 amide bonds. The molecule has 0 aliphatic rings. The number of carbonyl (C=O) groups is 2. The molecule has 5 nitrogen and oxygen atoms in total. The molecule has 2 rings (SSSR count). The van der Waals surface area contributed by atoms with Gasteiger partial charge in [0.2, 0.25) is 0 Å². The van der Waals surface area contributed by atoms with E-state index in [4.69, 9.17) is 33.2 Å². The molecule has 0 aliphatic heterocycles. The fraction of sp³-hybridized carbons (Fsp3) is 0.150. The van der Waals surface area contributed by atoms with Crippen LogP contribution in [0.1, 0.15) is 12.0 Å². The number of ether oxygens (including phenoxy) is 1. The smallest absolute Gasteiger partial charge is 0.331 e. The molecular weight excluding hydrogens is 406 g/mol. The van der Waals surface area contributed by atoms with Crippen molar-refractivity contribution in [1.29, 1.82) is 5.26 Å². The molecule has 0 aromatic heterocycles. The molecule has 0 aliphatic carbocycles. The van der Waals surface area contributed by atoms with E-state index in [1.54, 1.807) is 12.1 Å². The van der Waals surface area contributed by atoms with Gasteiger partial charge in [0.1, 0.15) is 5.82 Å². The minimum Gasteiger partial charge on any atom is -0.452 e. The Morgan fingerprint density at radius 1 is 1.18 bits per heavy atom. The van der Waals surface area contributed by atoms with E-state index >= 15 is 0 Å². The predicted molar refractivity (Wildman–Crippen MR) is 105 cm³/mol. The molecule has 0 saturated carbocycles. The third kappa shape index (κ3) is 6.38. The van der Waals surface area contributed by atoms with E-state index in [9.17, 15) is 14.0 Å². The highest BCUT2D eigenvalue weighted by atomic mass is 35.5. The molecule has 0 spiro atoms. The number of anilines is 1. The lowest BCUT2D eigenvalue weighted by molar-refractivity contribution is -0.142. The average Bonchev–Trinajstić information content (AvgIpc) is 2.67. The number of amides is 1. The zero-order chi connectivity index (χ0) is 20.5. The molecule has 0 unspecified atom stereocenters. The second-order valence-electron chi connectivity index (χ2n) is 5.54. The minimum absolute atomic E-state index is 0.0754. The standard InChI is InChI=1S/C20H15Cl2FN2O3/c21-15-4-2-14(18(22)12-15)3-9-20(27)28-13-19(26)25(11-1-10-24)17-7-5-16(23)6-8-17/h2-9,12H,1,11,13H2. The van der Waals surface area contributed by atoms with E-state index in [1.165, 1.54) is 41.3 Å². The van der Waals surface area contributed by atoms with Gasteiger partial charge in [0.05, 0.1) is 12.5 Å². The van der Waals surface area contributed by atoms with Crippen LogP contribution in [0, 0.1) is 17.1 Å². The Kier molecular flexibility index (Phi) is 8.00. The molecule has 144 valence electrons. The van der Waals surface area contributed by atoms with Crippen molar-refractivity contribution in [3.63, 3.8) is 0 Å². The van der Waals surface area contributed by atoms with E-state index < -0.39 is 24.3 Å². The van der Waals surface area contributed by atoms with Crippen molar-refractivity contribution in [2.75, 3.05) is 18.1 Å². The van der Waals surface area contributed by atoms with E-state index in [-0.39, 0.29) is 13.0 Å². The van der Waals surface area contributed by atoms with Gasteiger partial charge in [-0.25, -0.2) is 9.18 Å². The van der Waals surface area contributed by atoms with Crippen molar-refractivity contribution >= 4 is 46.8 Å². The first-order chi connectivity index (χ1) is 13.4. The summed E-state index contributed by atoms with van der Waals surface area (Å²) in [7, 11) is 0. The maximum atomic E-state index is 13.1. The lowest BCUT2D eigenvalue weighted by Gasteiger charge is -2.21. The van der Waals surface area contributed by atoms with Crippen LogP contribution in [0.25, 0.3) is 6.08 Å². The summed E-state index contributed by atoms with van der Waals surface area (Å²) < 4.78 is 18.0. The van der Waals surface area contributed by atoms with Gasteiger partial charge in [0.15, 0.2) is 6.61 Å². The van der Waals surface area contributed by atoms with Crippen LogP contribution in [-0.2, 0) is 14.3 Å². The summed E-state index contributed by atoms with van der Waals surface area (Å²) in [5.74, 6) is -1.72. The monoisotopic (exact) mass is 420 g/mol. The molecule has 0 bridgehead atoms. The maximum Gasteiger partial charge on any atom is 0.331 e. The number of nitrogens with zero attached hydrogens (tertiary/aromatic N) is 2. The normalized spacial score (nSPS) is 10.5. The number of benzene rings is 2. The maximum absolute atomic E-state index is 13.1. The van der Waals surface area contributed by atoms with Crippen molar-refractivity contribution in [3.8, 4) is 6.07 Å². The number of carbonyl (C=O) groups excluding carboxylic acids is 2. The van der Waals surface area contributed by atoms with E-state index in [2.05, 4.69) is 0 Å². The summed E-state index contributed by atoms with van der Waals surface area (Å²) in [5, 5.41) is 9.60. The molecule has 0 radical (unpaired) electrons. The van der Waals surface area contributed by atoms with Crippen molar-refractivity contribution in [2.24, 2.45) is 0 Å². The SMILES string of the molecule is N#CCCN(C(=O)COC(=O)C=Cc1ccc(Cl)cc1Cl)c1ccc(F)cc1. The Labute approximate surface area is 171 Å². The van der Waals surface area contributed by atoms with Crippen LogP contribution in [0.2, 0.25) is 10.0 Å². The van der Waals surface area contributed by atoms with Gasteiger partial charge in [0.25, 0.3) is 5.91 Å². The van der Waals surface area contributed by atoms with Gasteiger partial charge in [-0.2, -0.15) is 5.26 Å². The molecule has 0 saturated heterocycles. The number of halogens is 3. The van der Waals surface area contributed by atoms with E-state index in [0.717, 1.165) is 6.08 Å². The average molecular weight is 421 g/mol. The summed E-state index contributed by atoms with van der Waals surface area (Å²) in [6.07, 6.45) is 2.66. The summed E-state index contributed by atoms with van der Waals surface area (Å²) in [4.78, 5) is 25.5. The first-order valence-electron chi connectivity index (χ1n) is 8.13. The summed E-state index contributed by atoms with van der Waals surface area (Å²) in [5.41, 5.74) is 0.970. The fourth-order valence-electron chi connectivity index (χ4n) is 2.23. The fourth-order valence-corrected chi connectivity index (χ4v) is 2.71. The Balaban J connectivity index is 1.99. The van der Waals surface area contributed by atoms with Crippen LogP contribution < -0.4 is 4.90 Å². The highest BCUT2D eigenvalue weighted by molar-refractivity contribution is 6.35. The lowest BCUT2D eigenvalue weighted by Crippen LogP contribution is -2.35. The first kappa shape index (κ1) is 21.4. The Hall–Kier alpha value is -2.88. The van der Waals surface area contributed by atoms with Gasteiger partial charge in [0, 0.05) is 28.4 Å². The number of hydrogen-bond acceptors (Lipinski definition) is 4. The van der Waals surface area contributed by atoms with Crippen LogP contribution in [0.3, 0.4) is 0 Å². The summed E-state index contributed by atoms with van der Waals surface area (Å²) >= 11 is 11.8. The third-order valence-corrected chi connectivity index (χ3v) is 4.15. The van der Waals surface area contributed by atoms with Crippen molar-refractivity contribution in [1.82, 2.24) is 0 Å². The zero-order valence-corrected chi connectivity index (χ0v) is 16.1. The van der Waals surface area contributed by atoms with Crippen LogP contribution >= 0.6 is 23.2 Å². The summed E-state index contributed by atoms with van der Waals surface area (Å²) in [6.45, 7) is -0.435. The second kappa shape index (κ2) is 10.5. The number of esters is 1. The lowest BCUT2D eigenvalue weighted by atomic mass is 10.2. The molecule has 28 heavy (non-hydrogen) atoms. The van der Waals surface area contributed by atoms with Crippen LogP contribution in [0.15, 0.2) is 48.5 Å². The highest BCUT2D eigenvalue weighted by Crippen LogP contribution is 2.22. The molecule has 2 aromatic carbocycles. The molecule has 0 N–H and O–H groups in total. The quantitative estimate of drug-likeness (QED) is 0.483. The van der Waals surface area contributed by atoms with Gasteiger partial charge >= 0.3 is 5.97 Å². The molecule has 2 aromatic rings. The second-order valence-corrected chi connectivity index (χ2v) is 6.38. The molecule has 0 fully saturated rings. The first-order valence-corrected chi connectivity index (χ1v) is 8.89. The summed E-state index contributed by atoms with van der Waals surface area (Å²) in [6, 6.07) is 12.0. The van der Waals surface area contributed by atoms with E-state index in [0.29, 0.717) is 21.3 Å². The Bertz CT molecular complexity index is 924. The number of rotatable bonds is 7. The Morgan fingerprint density at radius 2 is 1.89 bits per heavy atom. The van der Waals surface area contributed by atoms with Crippen molar-refractivity contribution in [2.45, 2.75) is 6.42 Å². The van der Waals surface area contributed by atoms with Gasteiger partial charge in [-0.05, 0) is 48.0 Å².